The van der Waals surface area contributed by atoms with Gasteiger partial charge < -0.3 is 14.6 Å². The molecule has 0 amide bonds. The van der Waals surface area contributed by atoms with Crippen LogP contribution >= 0.6 is 0 Å². The van der Waals surface area contributed by atoms with Crippen molar-refractivity contribution >= 4 is 36.2 Å². The van der Waals surface area contributed by atoms with E-state index in [0.29, 0.717) is 28.2 Å². The Balaban J connectivity index is 0.889. The standard InChI is InChI=1S/C49H33NO5/c50-33-38-11-9-36(10-12-38)6-5-34-1-3-35(4-2-34)7-8-37-13-29-46(30-14-37)54-48(52)43-21-17-40(18-22-43)42-25-31-47(32-26-42)55-49(53)44-19-15-39(16-20-44)41-23-27-45(51)28-24-41/h1-32,51H/b6-5+,8-7+. The molecule has 55 heavy (non-hydrogen) atoms. The average Bonchev–Trinajstić information content (AvgIpc) is 3.24. The summed E-state index contributed by atoms with van der Waals surface area (Å²) in [7, 11) is 0. The summed E-state index contributed by atoms with van der Waals surface area (Å²) in [6.45, 7) is 0. The van der Waals surface area contributed by atoms with Gasteiger partial charge in [0.15, 0.2) is 0 Å². The molecule has 264 valence electrons. The van der Waals surface area contributed by atoms with E-state index in [-0.39, 0.29) is 5.75 Å². The lowest BCUT2D eigenvalue weighted by Gasteiger charge is -2.08. The predicted octanol–water partition coefficient (Wildman–Crippen LogP) is 11.4. The molecule has 0 bridgehead atoms. The third kappa shape index (κ3) is 9.38. The third-order valence-electron chi connectivity index (χ3n) is 8.84. The van der Waals surface area contributed by atoms with Gasteiger partial charge in [0.25, 0.3) is 0 Å². The second-order valence-corrected chi connectivity index (χ2v) is 12.6. The Hall–Kier alpha value is -7.75. The van der Waals surface area contributed by atoms with Crippen molar-refractivity contribution in [2.75, 3.05) is 0 Å². The third-order valence-corrected chi connectivity index (χ3v) is 8.84. The second-order valence-electron chi connectivity index (χ2n) is 12.6. The Morgan fingerprint density at radius 2 is 0.709 bits per heavy atom. The summed E-state index contributed by atoms with van der Waals surface area (Å²) < 4.78 is 11.2. The number of hydrogen-bond donors (Lipinski definition) is 1. The molecule has 6 heteroatoms. The first-order valence-electron chi connectivity index (χ1n) is 17.5. The maximum atomic E-state index is 12.9. The molecule has 0 atom stereocenters. The predicted molar refractivity (Wildman–Crippen MR) is 217 cm³/mol. The average molecular weight is 716 g/mol. The molecule has 0 heterocycles. The van der Waals surface area contributed by atoms with E-state index in [1.807, 2.05) is 121 Å². The van der Waals surface area contributed by atoms with E-state index in [4.69, 9.17) is 14.7 Å². The van der Waals surface area contributed by atoms with Crippen LogP contribution in [-0.2, 0) is 0 Å². The van der Waals surface area contributed by atoms with E-state index in [9.17, 15) is 14.7 Å². The highest BCUT2D eigenvalue weighted by Gasteiger charge is 2.12. The number of hydrogen-bond acceptors (Lipinski definition) is 6. The molecule has 0 aliphatic heterocycles. The number of rotatable bonds is 10. The van der Waals surface area contributed by atoms with Gasteiger partial charge in [-0.2, -0.15) is 5.26 Å². The number of ether oxygens (including phenoxy) is 2. The molecule has 0 spiro atoms. The van der Waals surface area contributed by atoms with Gasteiger partial charge in [-0.25, -0.2) is 9.59 Å². The molecule has 0 saturated heterocycles. The van der Waals surface area contributed by atoms with Crippen LogP contribution in [0.2, 0.25) is 0 Å². The van der Waals surface area contributed by atoms with Crippen molar-refractivity contribution in [2.24, 2.45) is 0 Å². The van der Waals surface area contributed by atoms with Crippen LogP contribution in [0.1, 0.15) is 48.5 Å². The Labute approximate surface area is 319 Å². The number of nitriles is 1. The lowest BCUT2D eigenvalue weighted by molar-refractivity contribution is 0.0725. The summed E-state index contributed by atoms with van der Waals surface area (Å²) >= 11 is 0. The van der Waals surface area contributed by atoms with Gasteiger partial charge in [-0.15, -0.1) is 0 Å². The van der Waals surface area contributed by atoms with E-state index in [2.05, 4.69) is 6.07 Å². The van der Waals surface area contributed by atoms with Crippen LogP contribution in [0, 0.1) is 11.3 Å². The van der Waals surface area contributed by atoms with Crippen molar-refractivity contribution in [3.63, 3.8) is 0 Å². The number of esters is 2. The molecule has 0 aromatic heterocycles. The molecular formula is C49H33NO5. The zero-order chi connectivity index (χ0) is 38.0. The first-order chi connectivity index (χ1) is 26.9. The zero-order valence-corrected chi connectivity index (χ0v) is 29.5. The maximum absolute atomic E-state index is 12.9. The van der Waals surface area contributed by atoms with E-state index in [0.717, 1.165) is 44.5 Å². The van der Waals surface area contributed by atoms with E-state index >= 15 is 0 Å². The van der Waals surface area contributed by atoms with Crippen molar-refractivity contribution in [3.8, 4) is 45.6 Å². The fraction of sp³-hybridized carbons (Fsp3) is 0. The Kier molecular flexibility index (Phi) is 10.8. The van der Waals surface area contributed by atoms with E-state index in [1.165, 1.54) is 0 Å². The molecule has 6 nitrogen and oxygen atoms in total. The monoisotopic (exact) mass is 715 g/mol. The highest BCUT2D eigenvalue weighted by molar-refractivity contribution is 5.92. The molecule has 7 aromatic rings. The Morgan fingerprint density at radius 1 is 0.418 bits per heavy atom. The van der Waals surface area contributed by atoms with Gasteiger partial charge >= 0.3 is 11.9 Å². The summed E-state index contributed by atoms with van der Waals surface area (Å²) in [5.41, 5.74) is 9.26. The highest BCUT2D eigenvalue weighted by atomic mass is 16.5. The van der Waals surface area contributed by atoms with Gasteiger partial charge in [0.1, 0.15) is 17.2 Å². The van der Waals surface area contributed by atoms with Crippen molar-refractivity contribution in [2.45, 2.75) is 0 Å². The van der Waals surface area contributed by atoms with Crippen molar-refractivity contribution in [3.05, 3.63) is 209 Å². The minimum absolute atomic E-state index is 0.197. The molecule has 0 radical (unpaired) electrons. The molecule has 7 rings (SSSR count). The number of phenols is 1. The first kappa shape index (κ1) is 35.6. The molecule has 0 saturated carbocycles. The normalized spacial score (nSPS) is 11.0. The topological polar surface area (TPSA) is 96.6 Å². The molecule has 0 aliphatic rings. The smallest absolute Gasteiger partial charge is 0.343 e. The molecule has 0 unspecified atom stereocenters. The van der Waals surface area contributed by atoms with Crippen LogP contribution in [0.4, 0.5) is 0 Å². The van der Waals surface area contributed by atoms with Crippen molar-refractivity contribution < 1.29 is 24.2 Å². The Morgan fingerprint density at radius 3 is 1.07 bits per heavy atom. The van der Waals surface area contributed by atoms with Crippen LogP contribution in [0.5, 0.6) is 17.2 Å². The zero-order valence-electron chi connectivity index (χ0n) is 29.5. The number of aromatic hydroxyl groups is 1. The van der Waals surface area contributed by atoms with Crippen molar-refractivity contribution in [1.82, 2.24) is 0 Å². The van der Waals surface area contributed by atoms with E-state index < -0.39 is 11.9 Å². The number of phenolic OH excluding ortho intramolecular Hbond substituents is 1. The van der Waals surface area contributed by atoms with Crippen LogP contribution in [-0.4, -0.2) is 17.0 Å². The van der Waals surface area contributed by atoms with Gasteiger partial charge in [-0.1, -0.05) is 121 Å². The van der Waals surface area contributed by atoms with Crippen LogP contribution in [0.25, 0.3) is 46.6 Å². The fourth-order valence-corrected chi connectivity index (χ4v) is 5.72. The SMILES string of the molecule is N#Cc1ccc(/C=C/c2ccc(/C=C/c3ccc(OC(=O)c4ccc(-c5ccc(OC(=O)c6ccc(-c7ccc(O)cc7)cc6)cc5)cc4)cc3)cc2)cc1. The summed E-state index contributed by atoms with van der Waals surface area (Å²) in [5, 5.41) is 18.5. The maximum Gasteiger partial charge on any atom is 0.343 e. The van der Waals surface area contributed by atoms with Gasteiger partial charge in [-0.05, 0) is 117 Å². The molecule has 0 fully saturated rings. The minimum Gasteiger partial charge on any atom is -0.508 e. The van der Waals surface area contributed by atoms with Gasteiger partial charge in [0.05, 0.1) is 22.8 Å². The van der Waals surface area contributed by atoms with Crippen LogP contribution < -0.4 is 9.47 Å². The lowest BCUT2D eigenvalue weighted by Crippen LogP contribution is -2.08. The Bertz CT molecular complexity index is 2510. The minimum atomic E-state index is -0.465. The van der Waals surface area contributed by atoms with Crippen LogP contribution in [0.15, 0.2) is 170 Å². The number of carbonyl (C=O) groups is 2. The highest BCUT2D eigenvalue weighted by Crippen LogP contribution is 2.26. The molecule has 0 aliphatic carbocycles. The summed E-state index contributed by atoms with van der Waals surface area (Å²) in [6, 6.07) is 53.4. The van der Waals surface area contributed by atoms with Gasteiger partial charge in [-0.3, -0.25) is 0 Å². The lowest BCUT2D eigenvalue weighted by atomic mass is 10.0. The molecule has 1 N–H and O–H groups in total. The first-order valence-corrected chi connectivity index (χ1v) is 17.5. The number of carbonyl (C=O) groups excluding carboxylic acids is 2. The quantitative estimate of drug-likeness (QED) is 0.0860. The van der Waals surface area contributed by atoms with Gasteiger partial charge in [0, 0.05) is 0 Å². The fourth-order valence-electron chi connectivity index (χ4n) is 5.72. The summed E-state index contributed by atoms with van der Waals surface area (Å²) in [6.07, 6.45) is 8.08. The largest absolute Gasteiger partial charge is 0.508 e. The van der Waals surface area contributed by atoms with E-state index in [1.54, 1.807) is 72.8 Å². The number of benzene rings is 7. The summed E-state index contributed by atoms with van der Waals surface area (Å²) in [5.74, 6) is 0.136. The molecular weight excluding hydrogens is 683 g/mol. The van der Waals surface area contributed by atoms with Gasteiger partial charge in [0.2, 0.25) is 0 Å². The van der Waals surface area contributed by atoms with Crippen LogP contribution in [0.3, 0.4) is 0 Å². The second kappa shape index (κ2) is 16.7. The summed E-state index contributed by atoms with van der Waals surface area (Å²) in [4.78, 5) is 25.7. The number of nitrogens with zero attached hydrogens (tertiary/aromatic N) is 1. The van der Waals surface area contributed by atoms with Crippen molar-refractivity contribution in [1.29, 1.82) is 5.26 Å². The molecule has 7 aromatic carbocycles.